The molecular formula is C7H7NO3. The molecule has 1 heterocycles. The predicted octanol–water partition coefficient (Wildman–Crippen LogP) is 0.499. The lowest BCUT2D eigenvalue weighted by atomic mass is 10.2. The van der Waals surface area contributed by atoms with Crippen molar-refractivity contribution < 1.29 is 14.0 Å². The molecule has 0 spiro atoms. The largest absolute Gasteiger partial charge is 0.448 e. The summed E-state index contributed by atoms with van der Waals surface area (Å²) >= 11 is 0. The van der Waals surface area contributed by atoms with E-state index in [9.17, 15) is 9.59 Å². The highest BCUT2D eigenvalue weighted by atomic mass is 16.4. The van der Waals surface area contributed by atoms with Gasteiger partial charge >= 0.3 is 0 Å². The summed E-state index contributed by atoms with van der Waals surface area (Å²) in [5.41, 5.74) is 5.52. The summed E-state index contributed by atoms with van der Waals surface area (Å²) in [4.78, 5) is 20.7. The number of aryl methyl sites for hydroxylation is 1. The quantitative estimate of drug-likeness (QED) is 0.628. The van der Waals surface area contributed by atoms with Crippen LogP contribution >= 0.6 is 0 Å². The van der Waals surface area contributed by atoms with Gasteiger partial charge in [0.15, 0.2) is 17.8 Å². The van der Waals surface area contributed by atoms with E-state index in [-0.39, 0.29) is 11.5 Å². The average Bonchev–Trinajstić information content (AvgIpc) is 2.30. The highest BCUT2D eigenvalue weighted by Gasteiger charge is 2.11. The maximum atomic E-state index is 10.6. The molecule has 0 atom stereocenters. The minimum absolute atomic E-state index is 0.0482. The van der Waals surface area contributed by atoms with Gasteiger partial charge in [-0.1, -0.05) is 0 Å². The second-order valence-electron chi connectivity index (χ2n) is 2.14. The van der Waals surface area contributed by atoms with E-state index in [4.69, 9.17) is 10.2 Å². The summed E-state index contributed by atoms with van der Waals surface area (Å²) < 4.78 is 4.78. The maximum Gasteiger partial charge on any atom is 0.284 e. The molecule has 0 saturated carbocycles. The van der Waals surface area contributed by atoms with Crippen LogP contribution in [0, 0.1) is 6.92 Å². The van der Waals surface area contributed by atoms with Crippen LogP contribution < -0.4 is 5.73 Å². The first kappa shape index (κ1) is 7.53. The Kier molecular flexibility index (Phi) is 1.76. The van der Waals surface area contributed by atoms with Crippen molar-refractivity contribution in [3.05, 3.63) is 23.2 Å². The van der Waals surface area contributed by atoms with E-state index in [0.29, 0.717) is 11.8 Å². The van der Waals surface area contributed by atoms with E-state index < -0.39 is 5.91 Å². The third-order valence-electron chi connectivity index (χ3n) is 1.28. The van der Waals surface area contributed by atoms with Crippen molar-refractivity contribution in [3.8, 4) is 0 Å². The standard InChI is InChI=1S/C7H7NO3/c1-4-2-5(3-9)11-6(4)7(8)10/h2-3H,1H3,(H2,8,10). The number of furan rings is 1. The van der Waals surface area contributed by atoms with Crippen LogP contribution in [-0.4, -0.2) is 12.2 Å². The summed E-state index contributed by atoms with van der Waals surface area (Å²) in [6, 6.07) is 1.47. The van der Waals surface area contributed by atoms with Gasteiger partial charge in [-0.05, 0) is 13.0 Å². The predicted molar refractivity (Wildman–Crippen MR) is 37.4 cm³/mol. The van der Waals surface area contributed by atoms with Crippen molar-refractivity contribution in [2.24, 2.45) is 5.73 Å². The van der Waals surface area contributed by atoms with E-state index in [1.165, 1.54) is 6.07 Å². The monoisotopic (exact) mass is 153 g/mol. The maximum absolute atomic E-state index is 10.6. The topological polar surface area (TPSA) is 73.3 Å². The van der Waals surface area contributed by atoms with Crippen molar-refractivity contribution in [2.45, 2.75) is 6.92 Å². The van der Waals surface area contributed by atoms with Gasteiger partial charge in [-0.2, -0.15) is 0 Å². The molecule has 0 aromatic carbocycles. The molecule has 0 unspecified atom stereocenters. The Hall–Kier alpha value is -1.58. The molecule has 0 radical (unpaired) electrons. The number of nitrogens with two attached hydrogens (primary N) is 1. The van der Waals surface area contributed by atoms with Crippen LogP contribution in [0.25, 0.3) is 0 Å². The van der Waals surface area contributed by atoms with Crippen LogP contribution in [0.5, 0.6) is 0 Å². The van der Waals surface area contributed by atoms with E-state index in [1.54, 1.807) is 6.92 Å². The second kappa shape index (κ2) is 2.57. The molecule has 2 N–H and O–H groups in total. The Bertz CT molecular complexity index is 301. The molecule has 0 aliphatic rings. The minimum atomic E-state index is -0.657. The van der Waals surface area contributed by atoms with Gasteiger partial charge in [-0.15, -0.1) is 0 Å². The van der Waals surface area contributed by atoms with Gasteiger partial charge in [-0.3, -0.25) is 9.59 Å². The van der Waals surface area contributed by atoms with Gasteiger partial charge < -0.3 is 10.2 Å². The Morgan fingerprint density at radius 1 is 1.73 bits per heavy atom. The summed E-state index contributed by atoms with van der Waals surface area (Å²) in [5.74, 6) is -0.487. The molecule has 0 aliphatic heterocycles. The van der Waals surface area contributed by atoms with Gasteiger partial charge in [0.2, 0.25) is 0 Å². The molecule has 0 saturated heterocycles. The summed E-state index contributed by atoms with van der Waals surface area (Å²) in [6.07, 6.45) is 0.527. The molecule has 1 aromatic rings. The van der Waals surface area contributed by atoms with Crippen molar-refractivity contribution in [1.29, 1.82) is 0 Å². The zero-order valence-corrected chi connectivity index (χ0v) is 5.96. The SMILES string of the molecule is Cc1cc(C=O)oc1C(N)=O. The molecule has 4 heteroatoms. The highest BCUT2D eigenvalue weighted by molar-refractivity contribution is 5.92. The fourth-order valence-electron chi connectivity index (χ4n) is 0.809. The van der Waals surface area contributed by atoms with Crippen LogP contribution in [0.15, 0.2) is 10.5 Å². The molecule has 1 aromatic heterocycles. The third kappa shape index (κ3) is 1.29. The van der Waals surface area contributed by atoms with Gasteiger partial charge in [0.1, 0.15) is 0 Å². The third-order valence-corrected chi connectivity index (χ3v) is 1.28. The molecule has 0 fully saturated rings. The Balaban J connectivity index is 3.16. The molecule has 4 nitrogen and oxygen atoms in total. The molecular weight excluding hydrogens is 146 g/mol. The van der Waals surface area contributed by atoms with E-state index >= 15 is 0 Å². The lowest BCUT2D eigenvalue weighted by molar-refractivity contribution is 0.0969. The van der Waals surface area contributed by atoms with Gasteiger partial charge in [-0.25, -0.2) is 0 Å². The molecule has 1 rings (SSSR count). The number of hydrogen-bond acceptors (Lipinski definition) is 3. The smallest absolute Gasteiger partial charge is 0.284 e. The summed E-state index contributed by atoms with van der Waals surface area (Å²) in [5, 5.41) is 0. The van der Waals surface area contributed by atoms with Crippen molar-refractivity contribution in [2.75, 3.05) is 0 Å². The Labute approximate surface area is 63.0 Å². The van der Waals surface area contributed by atoms with Crippen LogP contribution in [0.2, 0.25) is 0 Å². The first-order chi connectivity index (χ1) is 5.15. The zero-order chi connectivity index (χ0) is 8.43. The Morgan fingerprint density at radius 2 is 2.36 bits per heavy atom. The van der Waals surface area contributed by atoms with Gasteiger partial charge in [0.25, 0.3) is 5.91 Å². The number of carbonyl (C=O) groups is 2. The molecule has 1 amide bonds. The number of amides is 1. The molecule has 0 aliphatic carbocycles. The molecule has 0 bridgehead atoms. The first-order valence-corrected chi connectivity index (χ1v) is 3.00. The van der Waals surface area contributed by atoms with Crippen molar-refractivity contribution >= 4 is 12.2 Å². The average molecular weight is 153 g/mol. The second-order valence-corrected chi connectivity index (χ2v) is 2.14. The van der Waals surface area contributed by atoms with Crippen LogP contribution in [-0.2, 0) is 0 Å². The van der Waals surface area contributed by atoms with Crippen LogP contribution in [0.3, 0.4) is 0 Å². The van der Waals surface area contributed by atoms with Crippen molar-refractivity contribution in [1.82, 2.24) is 0 Å². The summed E-state index contributed by atoms with van der Waals surface area (Å²) in [6.45, 7) is 1.65. The van der Waals surface area contributed by atoms with Crippen LogP contribution in [0.4, 0.5) is 0 Å². The van der Waals surface area contributed by atoms with Crippen molar-refractivity contribution in [3.63, 3.8) is 0 Å². The fourth-order valence-corrected chi connectivity index (χ4v) is 0.809. The minimum Gasteiger partial charge on any atom is -0.448 e. The van der Waals surface area contributed by atoms with E-state index in [1.807, 2.05) is 0 Å². The zero-order valence-electron chi connectivity index (χ0n) is 5.96. The van der Waals surface area contributed by atoms with Crippen LogP contribution in [0.1, 0.15) is 26.7 Å². The summed E-state index contributed by atoms with van der Waals surface area (Å²) in [7, 11) is 0. The van der Waals surface area contributed by atoms with E-state index in [2.05, 4.69) is 0 Å². The molecule has 11 heavy (non-hydrogen) atoms. The normalized spacial score (nSPS) is 9.55. The number of rotatable bonds is 2. The number of hydrogen-bond donors (Lipinski definition) is 1. The number of aldehydes is 1. The first-order valence-electron chi connectivity index (χ1n) is 3.00. The van der Waals surface area contributed by atoms with E-state index in [0.717, 1.165) is 0 Å². The lowest BCUT2D eigenvalue weighted by Crippen LogP contribution is -2.10. The highest BCUT2D eigenvalue weighted by Crippen LogP contribution is 2.11. The fraction of sp³-hybridized carbons (Fsp3) is 0.143. The molecule has 58 valence electrons. The lowest BCUT2D eigenvalue weighted by Gasteiger charge is -1.87. The van der Waals surface area contributed by atoms with Gasteiger partial charge in [0.05, 0.1) is 0 Å². The van der Waals surface area contributed by atoms with Gasteiger partial charge in [0, 0.05) is 5.56 Å². The Morgan fingerprint density at radius 3 is 2.64 bits per heavy atom. The number of primary amides is 1. The number of carbonyl (C=O) groups excluding carboxylic acids is 2.